The zero-order chi connectivity index (χ0) is 14.4. The molecule has 1 N–H and O–H groups in total. The van der Waals surface area contributed by atoms with Gasteiger partial charge in [0.1, 0.15) is 0 Å². The lowest BCUT2D eigenvalue weighted by Gasteiger charge is -2.38. The Morgan fingerprint density at radius 2 is 1.80 bits per heavy atom. The Morgan fingerprint density at radius 1 is 1.15 bits per heavy atom. The quantitative estimate of drug-likeness (QED) is 0.847. The summed E-state index contributed by atoms with van der Waals surface area (Å²) in [5.74, 6) is 0.945. The van der Waals surface area contributed by atoms with E-state index >= 15 is 0 Å². The van der Waals surface area contributed by atoms with Crippen LogP contribution in [0.1, 0.15) is 51.6 Å². The molecule has 1 aliphatic rings. The fourth-order valence-corrected chi connectivity index (χ4v) is 3.15. The van der Waals surface area contributed by atoms with E-state index in [0.29, 0.717) is 12.1 Å². The van der Waals surface area contributed by atoms with Crippen LogP contribution in [-0.2, 0) is 0 Å². The Morgan fingerprint density at radius 3 is 2.35 bits per heavy atom. The second-order valence-electron chi connectivity index (χ2n) is 6.38. The van der Waals surface area contributed by atoms with Crippen molar-refractivity contribution in [2.24, 2.45) is 5.92 Å². The van der Waals surface area contributed by atoms with Crippen molar-refractivity contribution in [3.8, 4) is 0 Å². The van der Waals surface area contributed by atoms with E-state index in [1.165, 1.54) is 37.9 Å². The summed E-state index contributed by atoms with van der Waals surface area (Å²) in [5.41, 5.74) is 1.45. The predicted molar refractivity (Wildman–Crippen MR) is 86.9 cm³/mol. The lowest BCUT2D eigenvalue weighted by Crippen LogP contribution is -2.42. The molecule has 20 heavy (non-hydrogen) atoms. The van der Waals surface area contributed by atoms with Gasteiger partial charge >= 0.3 is 0 Å². The highest BCUT2D eigenvalue weighted by Crippen LogP contribution is 2.27. The van der Waals surface area contributed by atoms with Gasteiger partial charge in [-0.05, 0) is 37.4 Å². The second-order valence-corrected chi connectivity index (χ2v) is 6.38. The van der Waals surface area contributed by atoms with Crippen molar-refractivity contribution in [2.45, 2.75) is 52.1 Å². The van der Waals surface area contributed by atoms with E-state index in [-0.39, 0.29) is 0 Å². The van der Waals surface area contributed by atoms with Gasteiger partial charge in [0.05, 0.1) is 0 Å². The van der Waals surface area contributed by atoms with Crippen LogP contribution in [0.15, 0.2) is 30.3 Å². The van der Waals surface area contributed by atoms with Crippen LogP contribution in [0.5, 0.6) is 0 Å². The van der Waals surface area contributed by atoms with Crippen molar-refractivity contribution >= 4 is 0 Å². The SMILES string of the molecule is CCC1CCN(C(CNC(C)C)c2ccccc2)CC1. The molecule has 1 unspecified atom stereocenters. The third-order valence-corrected chi connectivity index (χ3v) is 4.57. The van der Waals surface area contributed by atoms with Crippen LogP contribution >= 0.6 is 0 Å². The van der Waals surface area contributed by atoms with Crippen LogP contribution in [-0.4, -0.2) is 30.6 Å². The molecule has 1 heterocycles. The van der Waals surface area contributed by atoms with Crippen molar-refractivity contribution in [1.82, 2.24) is 10.2 Å². The molecule has 0 aromatic heterocycles. The van der Waals surface area contributed by atoms with E-state index < -0.39 is 0 Å². The number of nitrogens with one attached hydrogen (secondary N) is 1. The van der Waals surface area contributed by atoms with Crippen LogP contribution in [0.3, 0.4) is 0 Å². The summed E-state index contributed by atoms with van der Waals surface area (Å²) in [6.45, 7) is 10.3. The lowest BCUT2D eigenvalue weighted by molar-refractivity contribution is 0.127. The molecular weight excluding hydrogens is 244 g/mol. The molecule has 2 heteroatoms. The third kappa shape index (κ3) is 4.32. The summed E-state index contributed by atoms with van der Waals surface area (Å²) in [6, 6.07) is 12.1. The Bertz CT molecular complexity index is 366. The first-order chi connectivity index (χ1) is 9.70. The lowest BCUT2D eigenvalue weighted by atomic mass is 9.92. The largest absolute Gasteiger partial charge is 0.313 e. The maximum absolute atomic E-state index is 3.62. The van der Waals surface area contributed by atoms with E-state index in [1.807, 2.05) is 0 Å². The summed E-state index contributed by atoms with van der Waals surface area (Å²) in [7, 11) is 0. The number of hydrogen-bond donors (Lipinski definition) is 1. The fourth-order valence-electron chi connectivity index (χ4n) is 3.15. The molecule has 0 spiro atoms. The zero-order valence-electron chi connectivity index (χ0n) is 13.3. The molecule has 0 radical (unpaired) electrons. The van der Waals surface area contributed by atoms with Gasteiger partial charge in [0.2, 0.25) is 0 Å². The smallest absolute Gasteiger partial charge is 0.0472 e. The molecule has 2 rings (SSSR count). The zero-order valence-corrected chi connectivity index (χ0v) is 13.3. The van der Waals surface area contributed by atoms with Gasteiger partial charge in [-0.2, -0.15) is 0 Å². The summed E-state index contributed by atoms with van der Waals surface area (Å²) in [6.07, 6.45) is 4.07. The number of likely N-dealkylation sites (tertiary alicyclic amines) is 1. The monoisotopic (exact) mass is 274 g/mol. The Kier molecular flexibility index (Phi) is 6.06. The molecule has 1 aromatic rings. The minimum absolute atomic E-state index is 0.524. The van der Waals surface area contributed by atoms with Crippen LogP contribution < -0.4 is 5.32 Å². The maximum atomic E-state index is 3.62. The van der Waals surface area contributed by atoms with Gasteiger partial charge in [-0.25, -0.2) is 0 Å². The maximum Gasteiger partial charge on any atom is 0.0472 e. The fraction of sp³-hybridized carbons (Fsp3) is 0.667. The highest BCUT2D eigenvalue weighted by atomic mass is 15.2. The average molecular weight is 274 g/mol. The minimum Gasteiger partial charge on any atom is -0.313 e. The van der Waals surface area contributed by atoms with Crippen molar-refractivity contribution < 1.29 is 0 Å². The number of hydrogen-bond acceptors (Lipinski definition) is 2. The normalized spacial score (nSPS) is 19.4. The van der Waals surface area contributed by atoms with Gasteiger partial charge in [-0.15, -0.1) is 0 Å². The number of benzene rings is 1. The standard InChI is InChI=1S/C18H30N2/c1-4-16-10-12-20(13-11-16)18(14-19-15(2)3)17-8-6-5-7-9-17/h5-9,15-16,18-19H,4,10-14H2,1-3H3. The van der Waals surface area contributed by atoms with Crippen molar-refractivity contribution in [3.63, 3.8) is 0 Å². The van der Waals surface area contributed by atoms with E-state index in [0.717, 1.165) is 12.5 Å². The van der Waals surface area contributed by atoms with E-state index in [4.69, 9.17) is 0 Å². The highest BCUT2D eigenvalue weighted by Gasteiger charge is 2.25. The van der Waals surface area contributed by atoms with Crippen LogP contribution in [0.2, 0.25) is 0 Å². The van der Waals surface area contributed by atoms with Gasteiger partial charge < -0.3 is 5.32 Å². The van der Waals surface area contributed by atoms with Gasteiger partial charge in [-0.3, -0.25) is 4.90 Å². The van der Waals surface area contributed by atoms with Crippen LogP contribution in [0.4, 0.5) is 0 Å². The van der Waals surface area contributed by atoms with Crippen molar-refractivity contribution in [1.29, 1.82) is 0 Å². The van der Waals surface area contributed by atoms with E-state index in [2.05, 4.69) is 61.3 Å². The number of piperidine rings is 1. The molecular formula is C18H30N2. The summed E-state index contributed by atoms with van der Waals surface area (Å²) >= 11 is 0. The molecule has 112 valence electrons. The first-order valence-corrected chi connectivity index (χ1v) is 8.23. The highest BCUT2D eigenvalue weighted by molar-refractivity contribution is 5.19. The van der Waals surface area contributed by atoms with Gasteiger partial charge in [0.15, 0.2) is 0 Å². The summed E-state index contributed by atoms with van der Waals surface area (Å²) < 4.78 is 0. The summed E-state index contributed by atoms with van der Waals surface area (Å²) in [4.78, 5) is 2.68. The molecule has 1 aromatic carbocycles. The van der Waals surface area contributed by atoms with Crippen LogP contribution in [0, 0.1) is 5.92 Å². The average Bonchev–Trinajstić information content (AvgIpc) is 2.49. The summed E-state index contributed by atoms with van der Waals surface area (Å²) in [5, 5.41) is 3.62. The molecule has 0 saturated carbocycles. The Labute approximate surface area is 124 Å². The Hall–Kier alpha value is -0.860. The molecule has 0 amide bonds. The van der Waals surface area contributed by atoms with Gasteiger partial charge in [0, 0.05) is 18.6 Å². The molecule has 0 aliphatic carbocycles. The number of rotatable bonds is 6. The Balaban J connectivity index is 2.03. The second kappa shape index (κ2) is 7.80. The molecule has 1 fully saturated rings. The molecule has 1 atom stereocenters. The van der Waals surface area contributed by atoms with Gasteiger partial charge in [0.25, 0.3) is 0 Å². The number of nitrogens with zero attached hydrogens (tertiary/aromatic N) is 1. The van der Waals surface area contributed by atoms with E-state index in [9.17, 15) is 0 Å². The molecule has 1 saturated heterocycles. The predicted octanol–water partition coefficient (Wildman–Crippen LogP) is 3.85. The minimum atomic E-state index is 0.524. The first-order valence-electron chi connectivity index (χ1n) is 8.23. The first kappa shape index (κ1) is 15.5. The van der Waals surface area contributed by atoms with Crippen LogP contribution in [0.25, 0.3) is 0 Å². The topological polar surface area (TPSA) is 15.3 Å². The molecule has 0 bridgehead atoms. The van der Waals surface area contributed by atoms with Crippen molar-refractivity contribution in [2.75, 3.05) is 19.6 Å². The third-order valence-electron chi connectivity index (χ3n) is 4.57. The van der Waals surface area contributed by atoms with E-state index in [1.54, 1.807) is 0 Å². The molecule has 1 aliphatic heterocycles. The molecule has 2 nitrogen and oxygen atoms in total. The van der Waals surface area contributed by atoms with Gasteiger partial charge in [-0.1, -0.05) is 57.5 Å². The van der Waals surface area contributed by atoms with Crippen molar-refractivity contribution in [3.05, 3.63) is 35.9 Å².